The van der Waals surface area contributed by atoms with Crippen molar-refractivity contribution >= 4 is 5.96 Å². The van der Waals surface area contributed by atoms with E-state index in [2.05, 4.69) is 15.6 Å². The second-order valence-electron chi connectivity index (χ2n) is 5.60. The van der Waals surface area contributed by atoms with Crippen LogP contribution in [0.3, 0.4) is 0 Å². The lowest BCUT2D eigenvalue weighted by molar-refractivity contribution is 0.123. The van der Waals surface area contributed by atoms with E-state index < -0.39 is 0 Å². The predicted molar refractivity (Wildman–Crippen MR) is 89.4 cm³/mol. The van der Waals surface area contributed by atoms with E-state index in [4.69, 9.17) is 9.47 Å². The van der Waals surface area contributed by atoms with Crippen molar-refractivity contribution in [1.82, 2.24) is 10.6 Å². The highest BCUT2D eigenvalue weighted by Crippen LogP contribution is 2.28. The summed E-state index contributed by atoms with van der Waals surface area (Å²) in [4.78, 5) is 4.14. The maximum atomic E-state index is 13.0. The van der Waals surface area contributed by atoms with Crippen molar-refractivity contribution in [3.8, 4) is 5.75 Å². The van der Waals surface area contributed by atoms with Crippen molar-refractivity contribution < 1.29 is 13.9 Å². The number of hydrogen-bond acceptors (Lipinski definition) is 3. The van der Waals surface area contributed by atoms with Gasteiger partial charge in [-0.3, -0.25) is 4.99 Å². The largest absolute Gasteiger partial charge is 0.492 e. The first kappa shape index (κ1) is 17.5. The van der Waals surface area contributed by atoms with E-state index in [1.54, 1.807) is 19.2 Å². The Morgan fingerprint density at radius 1 is 1.26 bits per heavy atom. The second-order valence-corrected chi connectivity index (χ2v) is 5.60. The van der Waals surface area contributed by atoms with Crippen LogP contribution in [0.1, 0.15) is 19.3 Å². The number of hydrogen-bond donors (Lipinski definition) is 2. The topological polar surface area (TPSA) is 54.9 Å². The molecular formula is C17H26FN3O2. The molecule has 2 N–H and O–H groups in total. The SMILES string of the molecule is CN=C(NCCCOCC1CC1)NCCOc1cccc(F)c1. The van der Waals surface area contributed by atoms with Gasteiger partial charge in [0.05, 0.1) is 6.54 Å². The van der Waals surface area contributed by atoms with Gasteiger partial charge in [-0.25, -0.2) is 4.39 Å². The molecule has 0 amide bonds. The fourth-order valence-corrected chi connectivity index (χ4v) is 2.03. The van der Waals surface area contributed by atoms with Crippen LogP contribution in [0.25, 0.3) is 0 Å². The van der Waals surface area contributed by atoms with Gasteiger partial charge >= 0.3 is 0 Å². The Hall–Kier alpha value is -1.82. The Balaban J connectivity index is 1.48. The Morgan fingerprint density at radius 2 is 2.09 bits per heavy atom. The highest BCUT2D eigenvalue weighted by molar-refractivity contribution is 5.79. The smallest absolute Gasteiger partial charge is 0.191 e. The van der Waals surface area contributed by atoms with Gasteiger partial charge in [0.15, 0.2) is 5.96 Å². The van der Waals surface area contributed by atoms with Gasteiger partial charge in [-0.15, -0.1) is 0 Å². The summed E-state index contributed by atoms with van der Waals surface area (Å²) in [6, 6.07) is 6.13. The van der Waals surface area contributed by atoms with Gasteiger partial charge in [0.1, 0.15) is 18.2 Å². The van der Waals surface area contributed by atoms with E-state index in [1.165, 1.54) is 25.0 Å². The fraction of sp³-hybridized carbons (Fsp3) is 0.588. The minimum absolute atomic E-state index is 0.295. The quantitative estimate of drug-likeness (QED) is 0.394. The molecule has 1 aromatic carbocycles. The first-order valence-electron chi connectivity index (χ1n) is 8.18. The summed E-state index contributed by atoms with van der Waals surface area (Å²) in [6.45, 7) is 3.53. The Bertz CT molecular complexity index is 492. The van der Waals surface area contributed by atoms with Gasteiger partial charge in [0, 0.05) is 32.9 Å². The maximum Gasteiger partial charge on any atom is 0.191 e. The van der Waals surface area contributed by atoms with Gasteiger partial charge in [-0.1, -0.05) is 6.07 Å². The van der Waals surface area contributed by atoms with Crippen LogP contribution in [0.15, 0.2) is 29.3 Å². The molecule has 1 fully saturated rings. The van der Waals surface area contributed by atoms with Crippen LogP contribution in [-0.2, 0) is 4.74 Å². The van der Waals surface area contributed by atoms with Crippen molar-refractivity contribution in [3.05, 3.63) is 30.1 Å². The normalized spacial score (nSPS) is 14.6. The van der Waals surface area contributed by atoms with E-state index in [0.29, 0.717) is 18.9 Å². The minimum Gasteiger partial charge on any atom is -0.492 e. The number of rotatable bonds is 10. The summed E-state index contributed by atoms with van der Waals surface area (Å²) in [5.74, 6) is 1.78. The number of nitrogens with one attached hydrogen (secondary N) is 2. The molecule has 0 atom stereocenters. The molecule has 0 aliphatic heterocycles. The Morgan fingerprint density at radius 3 is 2.83 bits per heavy atom. The molecule has 6 heteroatoms. The van der Waals surface area contributed by atoms with E-state index in [-0.39, 0.29) is 5.82 Å². The lowest BCUT2D eigenvalue weighted by atomic mass is 10.3. The molecule has 0 saturated heterocycles. The monoisotopic (exact) mass is 323 g/mol. The third kappa shape index (κ3) is 7.83. The first-order valence-corrected chi connectivity index (χ1v) is 8.18. The zero-order chi connectivity index (χ0) is 16.3. The molecule has 5 nitrogen and oxygen atoms in total. The lowest BCUT2D eigenvalue weighted by Gasteiger charge is -2.12. The number of halogens is 1. The highest BCUT2D eigenvalue weighted by atomic mass is 19.1. The van der Waals surface area contributed by atoms with Gasteiger partial charge in [-0.2, -0.15) is 0 Å². The highest BCUT2D eigenvalue weighted by Gasteiger charge is 2.20. The average Bonchev–Trinajstić information content (AvgIpc) is 3.37. The number of nitrogens with zero attached hydrogens (tertiary/aromatic N) is 1. The first-order chi connectivity index (χ1) is 11.3. The molecule has 1 saturated carbocycles. The zero-order valence-corrected chi connectivity index (χ0v) is 13.7. The molecule has 0 radical (unpaired) electrons. The molecular weight excluding hydrogens is 297 g/mol. The molecule has 23 heavy (non-hydrogen) atoms. The van der Waals surface area contributed by atoms with Crippen LogP contribution in [-0.4, -0.2) is 45.9 Å². The maximum absolute atomic E-state index is 13.0. The summed E-state index contributed by atoms with van der Waals surface area (Å²) < 4.78 is 24.0. The molecule has 2 rings (SSSR count). The second kappa shape index (κ2) is 10.0. The Kier molecular flexibility index (Phi) is 7.66. The van der Waals surface area contributed by atoms with Crippen LogP contribution < -0.4 is 15.4 Å². The summed E-state index contributed by atoms with van der Waals surface area (Å²) >= 11 is 0. The average molecular weight is 323 g/mol. The van der Waals surface area contributed by atoms with E-state index in [9.17, 15) is 4.39 Å². The van der Waals surface area contributed by atoms with Gasteiger partial charge < -0.3 is 20.1 Å². The summed E-state index contributed by atoms with van der Waals surface area (Å²) in [6.07, 6.45) is 3.60. The summed E-state index contributed by atoms with van der Waals surface area (Å²) in [5, 5.41) is 6.38. The van der Waals surface area contributed by atoms with E-state index in [1.807, 2.05) is 0 Å². The standard InChI is InChI=1S/C17H26FN3O2/c1-19-17(20-8-3-10-22-13-14-6-7-14)21-9-11-23-16-5-2-4-15(18)12-16/h2,4-5,12,14H,3,6-11,13H2,1H3,(H2,19,20,21). The van der Waals surface area contributed by atoms with Crippen LogP contribution in [0.5, 0.6) is 5.75 Å². The van der Waals surface area contributed by atoms with Crippen LogP contribution >= 0.6 is 0 Å². The number of guanidine groups is 1. The summed E-state index contributed by atoms with van der Waals surface area (Å²) in [5.41, 5.74) is 0. The molecule has 0 spiro atoms. The number of benzene rings is 1. The molecule has 1 aliphatic carbocycles. The van der Waals surface area contributed by atoms with Crippen molar-refractivity contribution in [2.24, 2.45) is 10.9 Å². The van der Waals surface area contributed by atoms with Crippen molar-refractivity contribution in [2.75, 3.05) is 40.0 Å². The summed E-state index contributed by atoms with van der Waals surface area (Å²) in [7, 11) is 1.73. The van der Waals surface area contributed by atoms with Crippen LogP contribution in [0.4, 0.5) is 4.39 Å². The molecule has 128 valence electrons. The van der Waals surface area contributed by atoms with Crippen molar-refractivity contribution in [3.63, 3.8) is 0 Å². The van der Waals surface area contributed by atoms with Crippen molar-refractivity contribution in [1.29, 1.82) is 0 Å². The van der Waals surface area contributed by atoms with E-state index >= 15 is 0 Å². The fourth-order valence-electron chi connectivity index (χ4n) is 2.03. The third-order valence-electron chi connectivity index (χ3n) is 3.49. The third-order valence-corrected chi connectivity index (χ3v) is 3.49. The number of aliphatic imine (C=N–C) groups is 1. The number of ether oxygens (including phenoxy) is 2. The minimum atomic E-state index is -0.295. The Labute approximate surface area is 137 Å². The van der Waals surface area contributed by atoms with Gasteiger partial charge in [0.25, 0.3) is 0 Å². The van der Waals surface area contributed by atoms with E-state index in [0.717, 1.165) is 38.1 Å². The van der Waals surface area contributed by atoms with Crippen LogP contribution in [0, 0.1) is 11.7 Å². The molecule has 0 unspecified atom stereocenters. The predicted octanol–water partition coefficient (Wildman–Crippen LogP) is 2.19. The van der Waals surface area contributed by atoms with Gasteiger partial charge in [-0.05, 0) is 37.3 Å². The molecule has 0 heterocycles. The van der Waals surface area contributed by atoms with Crippen molar-refractivity contribution in [2.45, 2.75) is 19.3 Å². The molecule has 1 aliphatic rings. The lowest BCUT2D eigenvalue weighted by Crippen LogP contribution is -2.39. The van der Waals surface area contributed by atoms with Gasteiger partial charge in [0.2, 0.25) is 0 Å². The van der Waals surface area contributed by atoms with Crippen LogP contribution in [0.2, 0.25) is 0 Å². The zero-order valence-electron chi connectivity index (χ0n) is 13.7. The molecule has 0 bridgehead atoms. The molecule has 1 aromatic rings. The molecule has 0 aromatic heterocycles.